The fourth-order valence-corrected chi connectivity index (χ4v) is 0.667. The van der Waals surface area contributed by atoms with Crippen molar-refractivity contribution >= 4 is 0 Å². The predicted molar refractivity (Wildman–Crippen MR) is 44.9 cm³/mol. The van der Waals surface area contributed by atoms with Crippen LogP contribution in [0.15, 0.2) is 12.2 Å². The summed E-state index contributed by atoms with van der Waals surface area (Å²) in [6.45, 7) is 10.7. The van der Waals surface area contributed by atoms with Crippen molar-refractivity contribution < 1.29 is 5.11 Å². The van der Waals surface area contributed by atoms with Crippen molar-refractivity contribution in [3.05, 3.63) is 12.2 Å². The number of hydrogen-bond donors (Lipinski definition) is 1. The van der Waals surface area contributed by atoms with Crippen molar-refractivity contribution in [3.8, 4) is 0 Å². The average Bonchev–Trinajstić information content (AvgIpc) is 1.80. The monoisotopic (exact) mass is 142 g/mol. The molecule has 10 heavy (non-hydrogen) atoms. The highest BCUT2D eigenvalue weighted by molar-refractivity contribution is 5.04. The molecule has 0 radical (unpaired) electrons. The van der Waals surface area contributed by atoms with E-state index in [1.807, 2.05) is 0 Å². The lowest BCUT2D eigenvalue weighted by atomic mass is 9.85. The normalized spacial score (nSPS) is 11.6. The molecule has 0 aromatic rings. The number of aliphatic hydroxyl groups excluding tert-OH is 1. The van der Waals surface area contributed by atoms with Gasteiger partial charge in [-0.25, -0.2) is 0 Å². The van der Waals surface area contributed by atoms with E-state index in [1.54, 1.807) is 0 Å². The first-order valence-corrected chi connectivity index (χ1v) is 3.77. The molecule has 0 fully saturated rings. The van der Waals surface area contributed by atoms with Crippen LogP contribution in [0.3, 0.4) is 0 Å². The summed E-state index contributed by atoms with van der Waals surface area (Å²) in [5.74, 6) is 0. The van der Waals surface area contributed by atoms with Crippen LogP contribution in [0.25, 0.3) is 0 Å². The topological polar surface area (TPSA) is 20.2 Å². The molecule has 0 rings (SSSR count). The highest BCUT2D eigenvalue weighted by Crippen LogP contribution is 2.26. The molecule has 0 aromatic carbocycles. The van der Waals surface area contributed by atoms with Crippen molar-refractivity contribution in [2.75, 3.05) is 6.61 Å². The van der Waals surface area contributed by atoms with Gasteiger partial charge >= 0.3 is 0 Å². The first-order valence-electron chi connectivity index (χ1n) is 3.77. The molecule has 0 saturated heterocycles. The minimum absolute atomic E-state index is 0.204. The van der Waals surface area contributed by atoms with Gasteiger partial charge in [0.15, 0.2) is 0 Å². The molecule has 1 N–H and O–H groups in total. The number of hydrogen-bond acceptors (Lipinski definition) is 1. The van der Waals surface area contributed by atoms with E-state index in [0.29, 0.717) is 0 Å². The summed E-state index contributed by atoms with van der Waals surface area (Å²) in [5, 5.41) is 8.54. The summed E-state index contributed by atoms with van der Waals surface area (Å²) in [4.78, 5) is 0. The molecule has 1 heteroatoms. The van der Waals surface area contributed by atoms with Gasteiger partial charge in [0.1, 0.15) is 0 Å². The lowest BCUT2D eigenvalue weighted by Crippen LogP contribution is -2.08. The van der Waals surface area contributed by atoms with E-state index in [9.17, 15) is 0 Å². The SMILES string of the molecule is C=C(CCCO)C(C)(C)C. The van der Waals surface area contributed by atoms with Crippen molar-refractivity contribution in [1.29, 1.82) is 0 Å². The van der Waals surface area contributed by atoms with Gasteiger partial charge in [0, 0.05) is 6.61 Å². The Bertz CT molecular complexity index is 108. The zero-order chi connectivity index (χ0) is 8.20. The van der Waals surface area contributed by atoms with E-state index in [1.165, 1.54) is 5.57 Å². The van der Waals surface area contributed by atoms with Crippen molar-refractivity contribution in [1.82, 2.24) is 0 Å². The lowest BCUT2D eigenvalue weighted by Gasteiger charge is -2.21. The van der Waals surface area contributed by atoms with Crippen LogP contribution in [-0.2, 0) is 0 Å². The molecule has 0 bridgehead atoms. The zero-order valence-corrected chi connectivity index (χ0v) is 7.28. The maximum atomic E-state index is 8.54. The van der Waals surface area contributed by atoms with Gasteiger partial charge in [-0.2, -0.15) is 0 Å². The summed E-state index contributed by atoms with van der Waals surface area (Å²) >= 11 is 0. The summed E-state index contributed by atoms with van der Waals surface area (Å²) in [7, 11) is 0. The van der Waals surface area contributed by atoms with Crippen LogP contribution < -0.4 is 0 Å². The van der Waals surface area contributed by atoms with E-state index < -0.39 is 0 Å². The summed E-state index contributed by atoms with van der Waals surface area (Å²) in [6.07, 6.45) is 1.79. The third-order valence-corrected chi connectivity index (χ3v) is 1.70. The predicted octanol–water partition coefficient (Wildman–Crippen LogP) is 2.36. The molecule has 1 nitrogen and oxygen atoms in total. The third kappa shape index (κ3) is 3.67. The van der Waals surface area contributed by atoms with Crippen LogP contribution in [-0.4, -0.2) is 11.7 Å². The Morgan fingerprint density at radius 1 is 1.40 bits per heavy atom. The fourth-order valence-electron chi connectivity index (χ4n) is 0.667. The minimum Gasteiger partial charge on any atom is -0.396 e. The average molecular weight is 142 g/mol. The zero-order valence-electron chi connectivity index (χ0n) is 7.28. The molecule has 0 saturated carbocycles. The molecule has 0 amide bonds. The highest BCUT2D eigenvalue weighted by Gasteiger charge is 2.13. The Kier molecular flexibility index (Phi) is 3.66. The Labute approximate surface area is 63.8 Å². The Morgan fingerprint density at radius 3 is 2.20 bits per heavy atom. The van der Waals surface area contributed by atoms with Crippen LogP contribution in [0.2, 0.25) is 0 Å². The summed E-state index contributed by atoms with van der Waals surface area (Å²) in [5.41, 5.74) is 1.43. The molecule has 0 heterocycles. The van der Waals surface area contributed by atoms with E-state index in [0.717, 1.165) is 12.8 Å². The van der Waals surface area contributed by atoms with Crippen molar-refractivity contribution in [2.45, 2.75) is 33.6 Å². The lowest BCUT2D eigenvalue weighted by molar-refractivity contribution is 0.284. The van der Waals surface area contributed by atoms with Gasteiger partial charge in [0.05, 0.1) is 0 Å². The van der Waals surface area contributed by atoms with Gasteiger partial charge in [-0.1, -0.05) is 32.9 Å². The number of allylic oxidation sites excluding steroid dienone is 1. The second-order valence-corrected chi connectivity index (χ2v) is 3.68. The van der Waals surface area contributed by atoms with Crippen LogP contribution in [0.1, 0.15) is 33.6 Å². The van der Waals surface area contributed by atoms with Gasteiger partial charge in [-0.05, 0) is 18.3 Å². The number of aliphatic hydroxyl groups is 1. The Hall–Kier alpha value is -0.300. The maximum absolute atomic E-state index is 8.54. The highest BCUT2D eigenvalue weighted by atomic mass is 16.2. The second kappa shape index (κ2) is 3.77. The van der Waals surface area contributed by atoms with Crippen LogP contribution in [0.5, 0.6) is 0 Å². The van der Waals surface area contributed by atoms with Crippen LogP contribution in [0, 0.1) is 5.41 Å². The Balaban J connectivity index is 3.64. The quantitative estimate of drug-likeness (QED) is 0.600. The second-order valence-electron chi connectivity index (χ2n) is 3.68. The molecular weight excluding hydrogens is 124 g/mol. The number of rotatable bonds is 3. The molecule has 0 aliphatic heterocycles. The van der Waals surface area contributed by atoms with Gasteiger partial charge in [0.2, 0.25) is 0 Å². The molecule has 60 valence electrons. The minimum atomic E-state index is 0.204. The first-order chi connectivity index (χ1) is 4.48. The van der Waals surface area contributed by atoms with Crippen molar-refractivity contribution in [2.24, 2.45) is 5.41 Å². The van der Waals surface area contributed by atoms with Crippen LogP contribution in [0.4, 0.5) is 0 Å². The van der Waals surface area contributed by atoms with Gasteiger partial charge in [0.25, 0.3) is 0 Å². The van der Waals surface area contributed by atoms with E-state index in [2.05, 4.69) is 27.4 Å². The third-order valence-electron chi connectivity index (χ3n) is 1.70. The van der Waals surface area contributed by atoms with Gasteiger partial charge in [-0.15, -0.1) is 0 Å². The Morgan fingerprint density at radius 2 is 1.90 bits per heavy atom. The standard InChI is InChI=1S/C9H18O/c1-8(6-5-7-10)9(2,3)4/h10H,1,5-7H2,2-4H3. The smallest absolute Gasteiger partial charge is 0.0434 e. The largest absolute Gasteiger partial charge is 0.396 e. The van der Waals surface area contributed by atoms with Crippen LogP contribution >= 0.6 is 0 Å². The first kappa shape index (κ1) is 9.70. The molecule has 0 unspecified atom stereocenters. The fraction of sp³-hybridized carbons (Fsp3) is 0.778. The van der Waals surface area contributed by atoms with E-state index in [4.69, 9.17) is 5.11 Å². The maximum Gasteiger partial charge on any atom is 0.0434 e. The molecule has 0 aliphatic carbocycles. The molecular formula is C9H18O. The molecule has 0 atom stereocenters. The van der Waals surface area contributed by atoms with Gasteiger partial charge in [-0.3, -0.25) is 0 Å². The van der Waals surface area contributed by atoms with Gasteiger partial charge < -0.3 is 5.11 Å². The molecule has 0 spiro atoms. The molecule has 0 aromatic heterocycles. The molecule has 0 aliphatic rings. The summed E-state index contributed by atoms with van der Waals surface area (Å²) in [6, 6.07) is 0. The summed E-state index contributed by atoms with van der Waals surface area (Å²) < 4.78 is 0. The van der Waals surface area contributed by atoms with E-state index >= 15 is 0 Å². The van der Waals surface area contributed by atoms with Crippen molar-refractivity contribution in [3.63, 3.8) is 0 Å². The van der Waals surface area contributed by atoms with E-state index in [-0.39, 0.29) is 12.0 Å².